The number of rotatable bonds is 9. The van der Waals surface area contributed by atoms with Crippen LogP contribution in [0, 0.1) is 11.8 Å². The lowest BCUT2D eigenvalue weighted by atomic mass is 9.77. The van der Waals surface area contributed by atoms with Crippen LogP contribution in [0.1, 0.15) is 98.9 Å². The lowest BCUT2D eigenvalue weighted by Gasteiger charge is -2.29. The van der Waals surface area contributed by atoms with Crippen molar-refractivity contribution in [1.82, 2.24) is 0 Å². The lowest BCUT2D eigenvalue weighted by Crippen LogP contribution is -2.24. The summed E-state index contributed by atoms with van der Waals surface area (Å²) in [7, 11) is 0. The minimum Gasteiger partial charge on any atom is -0.459 e. The number of ether oxygens (including phenoxy) is 1. The summed E-state index contributed by atoms with van der Waals surface area (Å²) in [6.07, 6.45) is 13.5. The molecule has 0 N–H and O–H groups in total. The van der Waals surface area contributed by atoms with Crippen LogP contribution in [-0.2, 0) is 4.74 Å². The maximum atomic E-state index is 12.5. The van der Waals surface area contributed by atoms with E-state index in [1.54, 1.807) is 0 Å². The highest BCUT2D eigenvalue weighted by Crippen LogP contribution is 2.37. The van der Waals surface area contributed by atoms with Crippen molar-refractivity contribution in [3.05, 3.63) is 35.4 Å². The number of halogens is 2. The molecule has 3 rings (SSSR count). The smallest absolute Gasteiger partial charge is 0.338 e. The zero-order valence-corrected chi connectivity index (χ0v) is 19.2. The molecular weight excluding hydrogens is 431 g/mol. The van der Waals surface area contributed by atoms with Crippen molar-refractivity contribution in [1.29, 1.82) is 0 Å². The molecule has 1 aromatic rings. The zero-order chi connectivity index (χ0) is 20.5. The second kappa shape index (κ2) is 12.1. The topological polar surface area (TPSA) is 26.3 Å². The molecule has 0 amide bonds. The molecule has 0 bridgehead atoms. The highest BCUT2D eigenvalue weighted by molar-refractivity contribution is 9.09. The standard InChI is InChI=1S/C25H36BrFO2/c26-17-1-3-19-7-15-24(16-8-19)29-25(28)23-13-11-22(12-14-23)21-9-5-20(6-10-21)4-2-18-27/h11-14,19-21,24H,1-10,15-18H2. The number of benzene rings is 1. The molecule has 0 radical (unpaired) electrons. The van der Waals surface area contributed by atoms with Crippen molar-refractivity contribution < 1.29 is 13.9 Å². The summed E-state index contributed by atoms with van der Waals surface area (Å²) in [5.41, 5.74) is 2.00. The largest absolute Gasteiger partial charge is 0.459 e. The molecular formula is C25H36BrFO2. The van der Waals surface area contributed by atoms with E-state index in [0.717, 1.165) is 30.5 Å². The Bertz CT molecular complexity index is 602. The van der Waals surface area contributed by atoms with E-state index in [9.17, 15) is 9.18 Å². The van der Waals surface area contributed by atoms with Crippen molar-refractivity contribution in [2.75, 3.05) is 12.0 Å². The molecule has 0 spiro atoms. The maximum absolute atomic E-state index is 12.5. The van der Waals surface area contributed by atoms with Gasteiger partial charge in [-0.3, -0.25) is 4.39 Å². The van der Waals surface area contributed by atoms with Gasteiger partial charge in [0.1, 0.15) is 6.10 Å². The van der Waals surface area contributed by atoms with Gasteiger partial charge in [-0.2, -0.15) is 0 Å². The van der Waals surface area contributed by atoms with Crippen molar-refractivity contribution in [3.63, 3.8) is 0 Å². The van der Waals surface area contributed by atoms with Crippen LogP contribution in [-0.4, -0.2) is 24.1 Å². The fraction of sp³-hybridized carbons (Fsp3) is 0.720. The number of hydrogen-bond donors (Lipinski definition) is 0. The molecule has 2 saturated carbocycles. The Morgan fingerprint density at radius 1 is 0.897 bits per heavy atom. The highest BCUT2D eigenvalue weighted by atomic mass is 79.9. The van der Waals surface area contributed by atoms with Crippen molar-refractivity contribution >= 4 is 21.9 Å². The predicted octanol–water partition coefficient (Wildman–Crippen LogP) is 7.60. The molecule has 4 heteroatoms. The van der Waals surface area contributed by atoms with Gasteiger partial charge in [-0.1, -0.05) is 28.1 Å². The Morgan fingerprint density at radius 3 is 2.07 bits per heavy atom. The van der Waals surface area contributed by atoms with Crippen LogP contribution in [0.25, 0.3) is 0 Å². The molecule has 2 aliphatic carbocycles. The van der Waals surface area contributed by atoms with Gasteiger partial charge >= 0.3 is 5.97 Å². The van der Waals surface area contributed by atoms with E-state index < -0.39 is 0 Å². The van der Waals surface area contributed by atoms with Gasteiger partial charge in [-0.15, -0.1) is 0 Å². The third kappa shape index (κ3) is 7.08. The van der Waals surface area contributed by atoms with Gasteiger partial charge in [0.15, 0.2) is 0 Å². The fourth-order valence-corrected chi connectivity index (χ4v) is 5.49. The molecule has 0 heterocycles. The minimum atomic E-state index is -0.184. The minimum absolute atomic E-state index is 0.0852. The summed E-state index contributed by atoms with van der Waals surface area (Å²) in [4.78, 5) is 12.5. The first kappa shape index (κ1) is 22.8. The van der Waals surface area contributed by atoms with Crippen LogP contribution in [0.15, 0.2) is 24.3 Å². The van der Waals surface area contributed by atoms with Gasteiger partial charge in [0, 0.05) is 5.33 Å². The van der Waals surface area contributed by atoms with Crippen molar-refractivity contribution in [3.8, 4) is 0 Å². The van der Waals surface area contributed by atoms with E-state index in [1.807, 2.05) is 12.1 Å². The third-order valence-corrected chi connectivity index (χ3v) is 7.58. The molecule has 2 nitrogen and oxygen atoms in total. The summed E-state index contributed by atoms with van der Waals surface area (Å²) in [6, 6.07) is 8.10. The summed E-state index contributed by atoms with van der Waals surface area (Å²) >= 11 is 3.51. The van der Waals surface area contributed by atoms with Crippen LogP contribution >= 0.6 is 15.9 Å². The molecule has 0 saturated heterocycles. The van der Waals surface area contributed by atoms with Crippen molar-refractivity contribution in [2.24, 2.45) is 11.8 Å². The molecule has 1 aromatic carbocycles. The fourth-order valence-electron chi connectivity index (χ4n) is 5.17. The van der Waals surface area contributed by atoms with E-state index in [0.29, 0.717) is 23.8 Å². The van der Waals surface area contributed by atoms with Gasteiger partial charge in [0.25, 0.3) is 0 Å². The molecule has 162 valence electrons. The van der Waals surface area contributed by atoms with Crippen LogP contribution < -0.4 is 0 Å². The quantitative estimate of drug-likeness (QED) is 0.276. The number of hydrogen-bond acceptors (Lipinski definition) is 2. The van der Waals surface area contributed by atoms with Crippen LogP contribution in [0.4, 0.5) is 4.39 Å². The molecule has 0 aliphatic heterocycles. The Morgan fingerprint density at radius 2 is 1.48 bits per heavy atom. The first-order chi connectivity index (χ1) is 14.2. The molecule has 2 fully saturated rings. The molecule has 29 heavy (non-hydrogen) atoms. The monoisotopic (exact) mass is 466 g/mol. The molecule has 2 aliphatic rings. The number of esters is 1. The zero-order valence-electron chi connectivity index (χ0n) is 17.6. The highest BCUT2D eigenvalue weighted by Gasteiger charge is 2.25. The van der Waals surface area contributed by atoms with Crippen LogP contribution in [0.2, 0.25) is 0 Å². The maximum Gasteiger partial charge on any atom is 0.338 e. The van der Waals surface area contributed by atoms with Crippen LogP contribution in [0.3, 0.4) is 0 Å². The Labute approximate surface area is 184 Å². The van der Waals surface area contributed by atoms with Crippen LogP contribution in [0.5, 0.6) is 0 Å². The number of alkyl halides is 2. The van der Waals surface area contributed by atoms with Gasteiger partial charge in [-0.25, -0.2) is 4.79 Å². The van der Waals surface area contributed by atoms with E-state index in [-0.39, 0.29) is 18.7 Å². The summed E-state index contributed by atoms with van der Waals surface area (Å²) in [6.45, 7) is -0.184. The van der Waals surface area contributed by atoms with E-state index in [4.69, 9.17) is 4.74 Å². The molecule has 0 unspecified atom stereocenters. The van der Waals surface area contributed by atoms with E-state index >= 15 is 0 Å². The predicted molar refractivity (Wildman–Crippen MR) is 121 cm³/mol. The van der Waals surface area contributed by atoms with Gasteiger partial charge in [-0.05, 0) is 112 Å². The second-order valence-corrected chi connectivity index (χ2v) is 9.84. The third-order valence-electron chi connectivity index (χ3n) is 7.02. The Balaban J connectivity index is 1.42. The molecule has 0 atom stereocenters. The van der Waals surface area contributed by atoms with E-state index in [1.165, 1.54) is 56.9 Å². The average Bonchev–Trinajstić information content (AvgIpc) is 2.77. The first-order valence-corrected chi connectivity index (χ1v) is 12.7. The van der Waals surface area contributed by atoms with Gasteiger partial charge in [0.05, 0.1) is 12.2 Å². The SMILES string of the molecule is O=C(OC1CCC(CCCBr)CC1)c1ccc(C2CCC(CCCF)CC2)cc1. The van der Waals surface area contributed by atoms with Crippen molar-refractivity contribution in [2.45, 2.75) is 89.1 Å². The summed E-state index contributed by atoms with van der Waals surface area (Å²) in [5.74, 6) is 1.91. The molecule has 0 aromatic heterocycles. The second-order valence-electron chi connectivity index (χ2n) is 9.05. The van der Waals surface area contributed by atoms with E-state index in [2.05, 4.69) is 28.1 Å². The van der Waals surface area contributed by atoms with Gasteiger partial charge < -0.3 is 4.74 Å². The normalized spacial score (nSPS) is 27.5. The Kier molecular flexibility index (Phi) is 9.48. The lowest BCUT2D eigenvalue weighted by molar-refractivity contribution is 0.0162. The first-order valence-electron chi connectivity index (χ1n) is 11.6. The summed E-state index contributed by atoms with van der Waals surface area (Å²) in [5, 5.41) is 1.08. The average molecular weight is 467 g/mol. The number of carbonyl (C=O) groups excluding carboxylic acids is 1. The number of carbonyl (C=O) groups is 1. The van der Waals surface area contributed by atoms with Gasteiger partial charge in [0.2, 0.25) is 0 Å². The summed E-state index contributed by atoms with van der Waals surface area (Å²) < 4.78 is 18.2. The Hall–Kier alpha value is -0.900.